The molecule has 0 aliphatic carbocycles. The molecule has 2 aromatic rings. The molecular formula is C21H23ClN4O5. The third kappa shape index (κ3) is 5.69. The van der Waals surface area contributed by atoms with Gasteiger partial charge in [0.25, 0.3) is 11.6 Å². The van der Waals surface area contributed by atoms with Gasteiger partial charge in [-0.15, -0.1) is 0 Å². The summed E-state index contributed by atoms with van der Waals surface area (Å²) in [6.07, 6.45) is 2.28. The number of benzene rings is 1. The number of hydrogen-bond acceptors (Lipinski definition) is 7. The summed E-state index contributed by atoms with van der Waals surface area (Å²) in [4.78, 5) is 41.8. The first-order chi connectivity index (χ1) is 14.7. The Kier molecular flexibility index (Phi) is 7.06. The minimum atomic E-state index is -1.13. The fraction of sp³-hybridized carbons (Fsp3) is 0.381. The number of amides is 1. The molecule has 0 bridgehead atoms. The number of pyridine rings is 1. The van der Waals surface area contributed by atoms with Crippen molar-refractivity contribution in [2.45, 2.75) is 32.8 Å². The van der Waals surface area contributed by atoms with Gasteiger partial charge in [0.1, 0.15) is 11.5 Å². The number of nitrogens with one attached hydrogen (secondary N) is 1. The second kappa shape index (κ2) is 9.74. The molecule has 0 spiro atoms. The van der Waals surface area contributed by atoms with E-state index in [4.69, 9.17) is 16.3 Å². The van der Waals surface area contributed by atoms with E-state index in [1.807, 2.05) is 4.90 Å². The van der Waals surface area contributed by atoms with Crippen LogP contribution in [-0.2, 0) is 9.53 Å². The quantitative estimate of drug-likeness (QED) is 0.404. The Balaban J connectivity index is 1.70. The number of aromatic nitrogens is 1. The lowest BCUT2D eigenvalue weighted by molar-refractivity contribution is -0.384. The summed E-state index contributed by atoms with van der Waals surface area (Å²) in [5.41, 5.74) is 0.323. The minimum absolute atomic E-state index is 0.00442. The Morgan fingerprint density at radius 2 is 2.13 bits per heavy atom. The van der Waals surface area contributed by atoms with Crippen LogP contribution in [0.5, 0.6) is 0 Å². The number of carbonyl (C=O) groups excluding carboxylic acids is 2. The van der Waals surface area contributed by atoms with Crippen molar-refractivity contribution in [3.05, 3.63) is 57.2 Å². The molecule has 164 valence electrons. The lowest BCUT2D eigenvalue weighted by Crippen LogP contribution is -2.34. The molecule has 0 saturated carbocycles. The van der Waals surface area contributed by atoms with Gasteiger partial charge in [-0.2, -0.15) is 0 Å². The average Bonchev–Trinajstić information content (AvgIpc) is 2.74. The van der Waals surface area contributed by atoms with Crippen molar-refractivity contribution in [2.24, 2.45) is 5.92 Å². The third-order valence-corrected chi connectivity index (χ3v) is 5.26. The van der Waals surface area contributed by atoms with E-state index in [9.17, 15) is 19.7 Å². The number of hydrogen-bond donors (Lipinski definition) is 1. The maximum absolute atomic E-state index is 12.5. The van der Waals surface area contributed by atoms with Crippen LogP contribution in [0.3, 0.4) is 0 Å². The Morgan fingerprint density at radius 1 is 1.35 bits per heavy atom. The number of anilines is 2. The topological polar surface area (TPSA) is 115 Å². The number of nitro benzene ring substituents is 1. The van der Waals surface area contributed by atoms with Gasteiger partial charge in [-0.25, -0.2) is 9.78 Å². The molecule has 3 rings (SSSR count). The number of nitrogens with zero attached hydrogens (tertiary/aromatic N) is 3. The zero-order valence-corrected chi connectivity index (χ0v) is 18.0. The van der Waals surface area contributed by atoms with Gasteiger partial charge in [-0.1, -0.05) is 18.5 Å². The largest absolute Gasteiger partial charge is 0.449 e. The molecule has 2 atom stereocenters. The van der Waals surface area contributed by atoms with Crippen molar-refractivity contribution in [1.82, 2.24) is 4.98 Å². The van der Waals surface area contributed by atoms with Crippen molar-refractivity contribution in [3.8, 4) is 0 Å². The van der Waals surface area contributed by atoms with E-state index < -0.39 is 22.9 Å². The molecule has 1 saturated heterocycles. The van der Waals surface area contributed by atoms with Crippen LogP contribution in [0, 0.1) is 16.0 Å². The van der Waals surface area contributed by atoms with Crippen LogP contribution in [0.15, 0.2) is 36.5 Å². The second-order valence-electron chi connectivity index (χ2n) is 7.55. The molecule has 9 nitrogen and oxygen atoms in total. The number of esters is 1. The molecule has 31 heavy (non-hydrogen) atoms. The first-order valence-corrected chi connectivity index (χ1v) is 10.3. The van der Waals surface area contributed by atoms with Crippen molar-refractivity contribution >= 4 is 40.7 Å². The highest BCUT2D eigenvalue weighted by atomic mass is 35.5. The van der Waals surface area contributed by atoms with Crippen molar-refractivity contribution in [2.75, 3.05) is 23.3 Å². The first kappa shape index (κ1) is 22.5. The lowest BCUT2D eigenvalue weighted by Gasteiger charge is -2.32. The smallest absolute Gasteiger partial charge is 0.339 e. The van der Waals surface area contributed by atoms with Gasteiger partial charge in [0, 0.05) is 25.4 Å². The van der Waals surface area contributed by atoms with E-state index in [-0.39, 0.29) is 17.1 Å². The van der Waals surface area contributed by atoms with Gasteiger partial charge in [0.2, 0.25) is 0 Å². The van der Waals surface area contributed by atoms with Gasteiger partial charge < -0.3 is 15.0 Å². The SMILES string of the molecule is C[C@@H]1CCCN(c2ccc(C(=O)O[C@@H](C)C(=O)Nc3ccc(Cl)cn3)cc2[N+](=O)[O-])C1. The third-order valence-electron chi connectivity index (χ3n) is 5.04. The lowest BCUT2D eigenvalue weighted by atomic mass is 9.99. The van der Waals surface area contributed by atoms with Crippen LogP contribution in [-0.4, -0.2) is 41.0 Å². The van der Waals surface area contributed by atoms with Crippen LogP contribution < -0.4 is 10.2 Å². The molecule has 0 radical (unpaired) electrons. The summed E-state index contributed by atoms with van der Waals surface area (Å²) < 4.78 is 5.19. The minimum Gasteiger partial charge on any atom is -0.449 e. The summed E-state index contributed by atoms with van der Waals surface area (Å²) in [7, 11) is 0. The highest BCUT2D eigenvalue weighted by Gasteiger charge is 2.26. The number of rotatable bonds is 6. The van der Waals surface area contributed by atoms with Gasteiger partial charge >= 0.3 is 5.97 Å². The summed E-state index contributed by atoms with van der Waals surface area (Å²) in [6, 6.07) is 7.32. The van der Waals surface area contributed by atoms with E-state index >= 15 is 0 Å². The van der Waals surface area contributed by atoms with Crippen molar-refractivity contribution < 1.29 is 19.2 Å². The first-order valence-electron chi connectivity index (χ1n) is 9.91. The number of ether oxygens (including phenoxy) is 1. The predicted octanol–water partition coefficient (Wildman–Crippen LogP) is 4.06. The van der Waals surface area contributed by atoms with Gasteiger partial charge in [-0.3, -0.25) is 14.9 Å². The fourth-order valence-corrected chi connectivity index (χ4v) is 3.54. The molecule has 1 aliphatic heterocycles. The second-order valence-corrected chi connectivity index (χ2v) is 7.99. The predicted molar refractivity (Wildman–Crippen MR) is 116 cm³/mol. The Bertz CT molecular complexity index is 982. The number of carbonyl (C=O) groups is 2. The molecule has 1 aliphatic rings. The molecule has 1 amide bonds. The number of nitro groups is 1. The van der Waals surface area contributed by atoms with Gasteiger partial charge in [-0.05, 0) is 49.9 Å². The highest BCUT2D eigenvalue weighted by molar-refractivity contribution is 6.30. The summed E-state index contributed by atoms with van der Waals surface area (Å²) in [5.74, 6) is -0.717. The monoisotopic (exact) mass is 446 g/mol. The molecule has 0 unspecified atom stereocenters. The number of halogens is 1. The van der Waals surface area contributed by atoms with Crippen molar-refractivity contribution in [3.63, 3.8) is 0 Å². The van der Waals surface area contributed by atoms with E-state index in [1.165, 1.54) is 31.3 Å². The average molecular weight is 447 g/mol. The Morgan fingerprint density at radius 3 is 2.77 bits per heavy atom. The molecule has 1 N–H and O–H groups in total. The molecular weight excluding hydrogens is 424 g/mol. The summed E-state index contributed by atoms with van der Waals surface area (Å²) in [6.45, 7) is 4.96. The van der Waals surface area contributed by atoms with Gasteiger partial charge in [0.15, 0.2) is 6.10 Å². The molecule has 1 aromatic carbocycles. The molecule has 2 heterocycles. The van der Waals surface area contributed by atoms with E-state index in [0.29, 0.717) is 16.6 Å². The molecule has 10 heteroatoms. The molecule has 1 fully saturated rings. The van der Waals surface area contributed by atoms with Crippen LogP contribution in [0.1, 0.15) is 37.0 Å². The van der Waals surface area contributed by atoms with E-state index in [2.05, 4.69) is 17.2 Å². The maximum Gasteiger partial charge on any atom is 0.339 e. The van der Waals surface area contributed by atoms with E-state index in [1.54, 1.807) is 12.1 Å². The van der Waals surface area contributed by atoms with Crippen molar-refractivity contribution in [1.29, 1.82) is 0 Å². The van der Waals surface area contributed by atoms with Gasteiger partial charge in [0.05, 0.1) is 15.5 Å². The molecule has 1 aromatic heterocycles. The Labute approximate surface area is 184 Å². The number of piperidine rings is 1. The normalized spacial score (nSPS) is 17.0. The highest BCUT2D eigenvalue weighted by Crippen LogP contribution is 2.32. The summed E-state index contributed by atoms with van der Waals surface area (Å²) >= 11 is 5.75. The van der Waals surface area contributed by atoms with Crippen LogP contribution in [0.25, 0.3) is 0 Å². The Hall–Kier alpha value is -3.20. The summed E-state index contributed by atoms with van der Waals surface area (Å²) in [5, 5.41) is 14.6. The van der Waals surface area contributed by atoms with Crippen LogP contribution >= 0.6 is 11.6 Å². The maximum atomic E-state index is 12.5. The zero-order chi connectivity index (χ0) is 22.5. The van der Waals surface area contributed by atoms with E-state index in [0.717, 1.165) is 25.9 Å². The van der Waals surface area contributed by atoms with Crippen LogP contribution in [0.4, 0.5) is 17.2 Å². The standard InChI is InChI=1S/C21H23ClN4O5/c1-13-4-3-9-25(12-13)17-7-5-15(10-18(17)26(29)30)21(28)31-14(2)20(27)24-19-8-6-16(22)11-23-19/h5-8,10-11,13-14H,3-4,9,12H2,1-2H3,(H,23,24,27)/t13-,14+/m1/s1. The fourth-order valence-electron chi connectivity index (χ4n) is 3.43. The zero-order valence-electron chi connectivity index (χ0n) is 17.2. The van der Waals surface area contributed by atoms with Crippen LogP contribution in [0.2, 0.25) is 5.02 Å².